The Morgan fingerprint density at radius 1 is 1.33 bits per heavy atom. The SMILES string of the molecule is CCCCN(C)[Si](C)C. The highest BCUT2D eigenvalue weighted by atomic mass is 28.3. The first-order valence-corrected chi connectivity index (χ1v) is 6.14. The quantitative estimate of drug-likeness (QED) is 0.545. The van der Waals surface area contributed by atoms with Gasteiger partial charge in [0.15, 0.2) is 0 Å². The average molecular weight is 144 g/mol. The largest absolute Gasteiger partial charge is 0.327 e. The Morgan fingerprint density at radius 3 is 2.22 bits per heavy atom. The Balaban J connectivity index is 3.16. The minimum atomic E-state index is -0.151. The van der Waals surface area contributed by atoms with Crippen LogP contribution in [0, 0.1) is 0 Å². The van der Waals surface area contributed by atoms with E-state index >= 15 is 0 Å². The predicted molar refractivity (Wildman–Crippen MR) is 45.0 cm³/mol. The second-order valence-corrected chi connectivity index (χ2v) is 5.38. The molecule has 0 unspecified atom stereocenters. The molecule has 0 saturated carbocycles. The average Bonchev–Trinajstić information content (AvgIpc) is 1.82. The van der Waals surface area contributed by atoms with Crippen LogP contribution in [0.2, 0.25) is 13.1 Å². The Bertz CT molecular complexity index is 63.9. The van der Waals surface area contributed by atoms with Gasteiger partial charge in [-0.2, -0.15) is 0 Å². The van der Waals surface area contributed by atoms with E-state index in [-0.39, 0.29) is 8.96 Å². The summed E-state index contributed by atoms with van der Waals surface area (Å²) in [5.41, 5.74) is 0. The van der Waals surface area contributed by atoms with Crippen molar-refractivity contribution < 1.29 is 0 Å². The molecule has 0 N–H and O–H groups in total. The van der Waals surface area contributed by atoms with Gasteiger partial charge in [-0.15, -0.1) is 0 Å². The van der Waals surface area contributed by atoms with Crippen molar-refractivity contribution >= 4 is 8.96 Å². The molecule has 0 amide bonds. The van der Waals surface area contributed by atoms with Crippen LogP contribution in [-0.4, -0.2) is 27.1 Å². The summed E-state index contributed by atoms with van der Waals surface area (Å²) in [6.45, 7) is 8.20. The van der Waals surface area contributed by atoms with Crippen LogP contribution in [0.3, 0.4) is 0 Å². The fraction of sp³-hybridized carbons (Fsp3) is 1.00. The molecule has 2 heteroatoms. The Labute approximate surface area is 60.7 Å². The van der Waals surface area contributed by atoms with Crippen molar-refractivity contribution in [3.8, 4) is 0 Å². The van der Waals surface area contributed by atoms with Crippen molar-refractivity contribution in [3.63, 3.8) is 0 Å². The zero-order valence-electron chi connectivity index (χ0n) is 7.07. The monoisotopic (exact) mass is 144 g/mol. The molecule has 55 valence electrons. The van der Waals surface area contributed by atoms with Gasteiger partial charge in [0, 0.05) is 0 Å². The van der Waals surface area contributed by atoms with Gasteiger partial charge in [-0.1, -0.05) is 26.4 Å². The summed E-state index contributed by atoms with van der Waals surface area (Å²) in [7, 11) is 2.07. The van der Waals surface area contributed by atoms with Gasteiger partial charge in [0.1, 0.15) is 8.96 Å². The van der Waals surface area contributed by atoms with E-state index in [1.54, 1.807) is 0 Å². The Hall–Kier alpha value is 0.177. The minimum Gasteiger partial charge on any atom is -0.327 e. The maximum atomic E-state index is 2.48. The van der Waals surface area contributed by atoms with E-state index in [4.69, 9.17) is 0 Å². The van der Waals surface area contributed by atoms with Crippen molar-refractivity contribution in [1.29, 1.82) is 0 Å². The standard InChI is InChI=1S/C7H18NSi/c1-5-6-7-8(2)9(3)4/h5-7H2,1-4H3. The first kappa shape index (κ1) is 9.18. The van der Waals surface area contributed by atoms with Crippen LogP contribution in [0.5, 0.6) is 0 Å². The summed E-state index contributed by atoms with van der Waals surface area (Å²) >= 11 is 0. The van der Waals surface area contributed by atoms with Crippen LogP contribution in [0.25, 0.3) is 0 Å². The van der Waals surface area contributed by atoms with Crippen molar-refractivity contribution in [3.05, 3.63) is 0 Å². The van der Waals surface area contributed by atoms with Gasteiger partial charge in [-0.25, -0.2) is 0 Å². The third kappa shape index (κ3) is 4.67. The third-order valence-corrected chi connectivity index (χ3v) is 3.36. The van der Waals surface area contributed by atoms with Gasteiger partial charge < -0.3 is 4.57 Å². The molecule has 0 heterocycles. The van der Waals surface area contributed by atoms with E-state index in [2.05, 4.69) is 31.6 Å². The smallest absolute Gasteiger partial charge is 0.129 e. The van der Waals surface area contributed by atoms with Crippen LogP contribution in [-0.2, 0) is 0 Å². The van der Waals surface area contributed by atoms with E-state index in [0.29, 0.717) is 0 Å². The third-order valence-electron chi connectivity index (χ3n) is 1.61. The van der Waals surface area contributed by atoms with Crippen molar-refractivity contribution in [1.82, 2.24) is 4.57 Å². The molecule has 0 aromatic heterocycles. The number of unbranched alkanes of at least 4 members (excludes halogenated alkanes) is 1. The van der Waals surface area contributed by atoms with Gasteiger partial charge in [0.25, 0.3) is 0 Å². The molecule has 9 heavy (non-hydrogen) atoms. The molecular weight excluding hydrogens is 126 g/mol. The molecule has 0 aliphatic rings. The van der Waals surface area contributed by atoms with E-state index in [9.17, 15) is 0 Å². The molecule has 1 nitrogen and oxygen atoms in total. The second-order valence-electron chi connectivity index (χ2n) is 2.72. The predicted octanol–water partition coefficient (Wildman–Crippen LogP) is 1.97. The van der Waals surface area contributed by atoms with Gasteiger partial charge in [0.05, 0.1) is 0 Å². The highest BCUT2D eigenvalue weighted by molar-refractivity contribution is 6.52. The van der Waals surface area contributed by atoms with E-state index in [1.165, 1.54) is 19.4 Å². The van der Waals surface area contributed by atoms with Gasteiger partial charge in [-0.05, 0) is 20.0 Å². The van der Waals surface area contributed by atoms with E-state index < -0.39 is 0 Å². The van der Waals surface area contributed by atoms with E-state index in [1.807, 2.05) is 0 Å². The molecule has 0 saturated heterocycles. The molecule has 0 spiro atoms. The highest BCUT2D eigenvalue weighted by Gasteiger charge is 2.02. The maximum absolute atomic E-state index is 2.48. The molecule has 0 bridgehead atoms. The first-order chi connectivity index (χ1) is 4.18. The lowest BCUT2D eigenvalue weighted by molar-refractivity contribution is 0.501. The number of rotatable bonds is 4. The molecule has 0 aliphatic carbocycles. The van der Waals surface area contributed by atoms with Crippen LogP contribution in [0.4, 0.5) is 0 Å². The van der Waals surface area contributed by atoms with Gasteiger partial charge in [0.2, 0.25) is 0 Å². The Kier molecular flexibility index (Phi) is 5.10. The molecule has 1 radical (unpaired) electrons. The molecule has 0 aromatic rings. The summed E-state index contributed by atoms with van der Waals surface area (Å²) in [6.07, 6.45) is 2.67. The highest BCUT2D eigenvalue weighted by Crippen LogP contribution is 1.94. The number of hydrogen-bond acceptors (Lipinski definition) is 1. The zero-order valence-corrected chi connectivity index (χ0v) is 8.07. The lowest BCUT2D eigenvalue weighted by atomic mass is 10.3. The lowest BCUT2D eigenvalue weighted by Crippen LogP contribution is -2.30. The number of hydrogen-bond donors (Lipinski definition) is 0. The summed E-state index contributed by atoms with van der Waals surface area (Å²) in [4.78, 5) is 0. The first-order valence-electron chi connectivity index (χ1n) is 3.69. The zero-order chi connectivity index (χ0) is 7.28. The molecule has 0 atom stereocenters. The summed E-state index contributed by atoms with van der Waals surface area (Å²) in [6, 6.07) is 0. The van der Waals surface area contributed by atoms with Crippen LogP contribution < -0.4 is 0 Å². The maximum Gasteiger partial charge on any atom is 0.129 e. The van der Waals surface area contributed by atoms with Gasteiger partial charge in [-0.3, -0.25) is 0 Å². The molecule has 0 aliphatic heterocycles. The lowest BCUT2D eigenvalue weighted by Gasteiger charge is -2.18. The molecule has 0 rings (SSSR count). The molecule has 0 fully saturated rings. The fourth-order valence-electron chi connectivity index (χ4n) is 0.619. The van der Waals surface area contributed by atoms with Crippen LogP contribution >= 0.6 is 0 Å². The Morgan fingerprint density at radius 2 is 1.89 bits per heavy atom. The number of nitrogens with zero attached hydrogens (tertiary/aromatic N) is 1. The van der Waals surface area contributed by atoms with Crippen LogP contribution in [0.1, 0.15) is 19.8 Å². The summed E-state index contributed by atoms with van der Waals surface area (Å²) in [5, 5.41) is 0. The molecular formula is C7H18NSi. The van der Waals surface area contributed by atoms with Crippen LogP contribution in [0.15, 0.2) is 0 Å². The topological polar surface area (TPSA) is 3.24 Å². The van der Waals surface area contributed by atoms with E-state index in [0.717, 1.165) is 0 Å². The molecule has 0 aromatic carbocycles. The van der Waals surface area contributed by atoms with Crippen molar-refractivity contribution in [2.75, 3.05) is 13.6 Å². The normalized spacial score (nSPS) is 11.3. The van der Waals surface area contributed by atoms with Gasteiger partial charge >= 0.3 is 0 Å². The summed E-state index contributed by atoms with van der Waals surface area (Å²) in [5.74, 6) is 0. The summed E-state index contributed by atoms with van der Waals surface area (Å²) < 4.78 is 2.48. The minimum absolute atomic E-state index is 0.151. The van der Waals surface area contributed by atoms with Crippen molar-refractivity contribution in [2.24, 2.45) is 0 Å². The second kappa shape index (κ2) is 5.00. The fourth-order valence-corrected chi connectivity index (χ4v) is 1.22. The van der Waals surface area contributed by atoms with Crippen molar-refractivity contribution in [2.45, 2.75) is 32.9 Å².